The lowest BCUT2D eigenvalue weighted by Crippen LogP contribution is -2.40. The summed E-state index contributed by atoms with van der Waals surface area (Å²) in [5, 5.41) is 8.90. The minimum atomic E-state index is -0.788. The van der Waals surface area contributed by atoms with Gasteiger partial charge in [-0.3, -0.25) is 9.59 Å². The summed E-state index contributed by atoms with van der Waals surface area (Å²) < 4.78 is 5.37. The molecule has 21 heavy (non-hydrogen) atoms. The van der Waals surface area contributed by atoms with Crippen molar-refractivity contribution in [3.63, 3.8) is 0 Å². The van der Waals surface area contributed by atoms with Gasteiger partial charge in [-0.25, -0.2) is 0 Å². The van der Waals surface area contributed by atoms with Crippen LogP contribution in [0, 0.1) is 5.92 Å². The third-order valence-electron chi connectivity index (χ3n) is 4.24. The summed E-state index contributed by atoms with van der Waals surface area (Å²) in [6, 6.07) is 5.70. The Kier molecular flexibility index (Phi) is 3.92. The quantitative estimate of drug-likeness (QED) is 0.924. The molecule has 0 saturated carbocycles. The molecule has 1 fully saturated rings. The van der Waals surface area contributed by atoms with Crippen molar-refractivity contribution in [1.82, 2.24) is 4.90 Å². The number of fused-ring (bicyclic) bond motifs is 1. The monoisotopic (exact) mass is 289 g/mol. The molecule has 0 aliphatic carbocycles. The topological polar surface area (TPSA) is 66.8 Å². The van der Waals surface area contributed by atoms with Crippen LogP contribution in [-0.4, -0.2) is 35.0 Å². The fourth-order valence-electron chi connectivity index (χ4n) is 3.15. The standard InChI is InChI=1S/C16H19NO4/c18-15(19)6-11-2-1-5-17(8-11)16(20)12-3-4-13-9-21-10-14(13)7-12/h3-4,7,11H,1-2,5-6,8-10H2,(H,18,19). The Balaban J connectivity index is 1.71. The molecule has 0 radical (unpaired) electrons. The van der Waals surface area contributed by atoms with E-state index in [1.165, 1.54) is 0 Å². The molecular formula is C16H19NO4. The van der Waals surface area contributed by atoms with Crippen LogP contribution < -0.4 is 0 Å². The van der Waals surface area contributed by atoms with E-state index in [1.54, 1.807) is 4.90 Å². The van der Waals surface area contributed by atoms with Crippen molar-refractivity contribution in [3.05, 3.63) is 34.9 Å². The van der Waals surface area contributed by atoms with Crippen molar-refractivity contribution in [2.75, 3.05) is 13.1 Å². The van der Waals surface area contributed by atoms with E-state index < -0.39 is 5.97 Å². The molecule has 1 aromatic carbocycles. The van der Waals surface area contributed by atoms with Crippen molar-refractivity contribution in [2.45, 2.75) is 32.5 Å². The number of carbonyl (C=O) groups excluding carboxylic acids is 1. The number of carbonyl (C=O) groups is 2. The van der Waals surface area contributed by atoms with Gasteiger partial charge in [-0.15, -0.1) is 0 Å². The molecule has 112 valence electrons. The largest absolute Gasteiger partial charge is 0.481 e. The molecule has 5 heteroatoms. The second kappa shape index (κ2) is 5.85. The van der Waals surface area contributed by atoms with Crippen LogP contribution in [-0.2, 0) is 22.7 Å². The number of likely N-dealkylation sites (tertiary alicyclic amines) is 1. The van der Waals surface area contributed by atoms with E-state index in [1.807, 2.05) is 18.2 Å². The summed E-state index contributed by atoms with van der Waals surface area (Å²) in [4.78, 5) is 25.2. The second-order valence-electron chi connectivity index (χ2n) is 5.83. The van der Waals surface area contributed by atoms with E-state index in [9.17, 15) is 9.59 Å². The molecule has 1 atom stereocenters. The summed E-state index contributed by atoms with van der Waals surface area (Å²) in [6.45, 7) is 2.44. The highest BCUT2D eigenvalue weighted by molar-refractivity contribution is 5.94. The summed E-state index contributed by atoms with van der Waals surface area (Å²) >= 11 is 0. The van der Waals surface area contributed by atoms with E-state index in [0.717, 1.165) is 24.0 Å². The Bertz CT molecular complexity index is 569. The first-order valence-electron chi connectivity index (χ1n) is 7.34. The summed E-state index contributed by atoms with van der Waals surface area (Å²) in [6.07, 6.45) is 1.90. The molecule has 5 nitrogen and oxygen atoms in total. The molecule has 1 saturated heterocycles. The number of hydrogen-bond donors (Lipinski definition) is 1. The Morgan fingerprint density at radius 3 is 2.90 bits per heavy atom. The van der Waals surface area contributed by atoms with Crippen molar-refractivity contribution < 1.29 is 19.4 Å². The van der Waals surface area contributed by atoms with Gasteiger partial charge in [-0.05, 0) is 42.0 Å². The van der Waals surface area contributed by atoms with Gasteiger partial charge in [0.05, 0.1) is 13.2 Å². The van der Waals surface area contributed by atoms with Crippen molar-refractivity contribution in [2.24, 2.45) is 5.92 Å². The molecule has 1 aromatic rings. The van der Waals surface area contributed by atoms with Gasteiger partial charge in [0.15, 0.2) is 0 Å². The van der Waals surface area contributed by atoms with Crippen LogP contribution in [0.25, 0.3) is 0 Å². The third kappa shape index (κ3) is 3.08. The highest BCUT2D eigenvalue weighted by Crippen LogP contribution is 2.24. The number of rotatable bonds is 3. The molecule has 2 heterocycles. The first-order chi connectivity index (χ1) is 10.1. The fraction of sp³-hybridized carbons (Fsp3) is 0.500. The summed E-state index contributed by atoms with van der Waals surface area (Å²) in [5.74, 6) is -0.721. The van der Waals surface area contributed by atoms with Crippen LogP contribution >= 0.6 is 0 Å². The minimum Gasteiger partial charge on any atom is -0.481 e. The van der Waals surface area contributed by atoms with Crippen LogP contribution in [0.4, 0.5) is 0 Å². The number of benzene rings is 1. The van der Waals surface area contributed by atoms with Gasteiger partial charge in [0.25, 0.3) is 5.91 Å². The van der Waals surface area contributed by atoms with Crippen molar-refractivity contribution in [1.29, 1.82) is 0 Å². The number of piperidine rings is 1. The Labute approximate surface area is 123 Å². The summed E-state index contributed by atoms with van der Waals surface area (Å²) in [5.41, 5.74) is 2.91. The third-order valence-corrected chi connectivity index (χ3v) is 4.24. The number of ether oxygens (including phenoxy) is 1. The van der Waals surface area contributed by atoms with Gasteiger partial charge < -0.3 is 14.7 Å². The van der Waals surface area contributed by atoms with E-state index in [4.69, 9.17) is 9.84 Å². The van der Waals surface area contributed by atoms with Crippen LogP contribution in [0.5, 0.6) is 0 Å². The van der Waals surface area contributed by atoms with Crippen LogP contribution in [0.1, 0.15) is 40.7 Å². The lowest BCUT2D eigenvalue weighted by molar-refractivity contribution is -0.138. The zero-order valence-electron chi connectivity index (χ0n) is 11.9. The highest BCUT2D eigenvalue weighted by Gasteiger charge is 2.26. The second-order valence-corrected chi connectivity index (χ2v) is 5.83. The normalized spacial score (nSPS) is 21.1. The van der Waals surface area contributed by atoms with Gasteiger partial charge in [0, 0.05) is 25.1 Å². The zero-order valence-corrected chi connectivity index (χ0v) is 11.9. The van der Waals surface area contributed by atoms with E-state index in [-0.39, 0.29) is 18.2 Å². The van der Waals surface area contributed by atoms with Gasteiger partial charge >= 0.3 is 5.97 Å². The first-order valence-corrected chi connectivity index (χ1v) is 7.34. The van der Waals surface area contributed by atoms with Crippen molar-refractivity contribution >= 4 is 11.9 Å². The number of amides is 1. The molecule has 1 N–H and O–H groups in total. The van der Waals surface area contributed by atoms with Crippen LogP contribution in [0.2, 0.25) is 0 Å². The Morgan fingerprint density at radius 2 is 2.10 bits per heavy atom. The predicted molar refractivity (Wildman–Crippen MR) is 75.8 cm³/mol. The smallest absolute Gasteiger partial charge is 0.303 e. The SMILES string of the molecule is O=C(O)CC1CCCN(C(=O)c2ccc3c(c2)COC3)C1. The zero-order chi connectivity index (χ0) is 14.8. The maximum Gasteiger partial charge on any atom is 0.303 e. The molecule has 1 unspecified atom stereocenters. The predicted octanol–water partition coefficient (Wildman–Crippen LogP) is 2.04. The molecule has 2 aliphatic rings. The maximum atomic E-state index is 12.6. The van der Waals surface area contributed by atoms with Crippen LogP contribution in [0.15, 0.2) is 18.2 Å². The lowest BCUT2D eigenvalue weighted by Gasteiger charge is -2.32. The summed E-state index contributed by atoms with van der Waals surface area (Å²) in [7, 11) is 0. The molecule has 3 rings (SSSR count). The minimum absolute atomic E-state index is 0.000196. The van der Waals surface area contributed by atoms with Gasteiger partial charge in [-0.2, -0.15) is 0 Å². The molecule has 0 aromatic heterocycles. The molecule has 2 aliphatic heterocycles. The first kappa shape index (κ1) is 14.1. The average Bonchev–Trinajstić information content (AvgIpc) is 2.93. The molecule has 0 bridgehead atoms. The van der Waals surface area contributed by atoms with Crippen LogP contribution in [0.3, 0.4) is 0 Å². The Morgan fingerprint density at radius 1 is 1.29 bits per heavy atom. The molecule has 1 amide bonds. The molecular weight excluding hydrogens is 270 g/mol. The number of hydrogen-bond acceptors (Lipinski definition) is 3. The number of carboxylic acid groups (broad SMARTS) is 1. The number of nitrogens with zero attached hydrogens (tertiary/aromatic N) is 1. The van der Waals surface area contributed by atoms with Gasteiger partial charge in [-0.1, -0.05) is 6.07 Å². The fourth-order valence-corrected chi connectivity index (χ4v) is 3.15. The van der Waals surface area contributed by atoms with E-state index in [2.05, 4.69) is 0 Å². The highest BCUT2D eigenvalue weighted by atomic mass is 16.5. The van der Waals surface area contributed by atoms with Gasteiger partial charge in [0.2, 0.25) is 0 Å². The molecule has 0 spiro atoms. The number of aliphatic carboxylic acids is 1. The average molecular weight is 289 g/mol. The van der Waals surface area contributed by atoms with Crippen molar-refractivity contribution in [3.8, 4) is 0 Å². The van der Waals surface area contributed by atoms with E-state index in [0.29, 0.717) is 31.9 Å². The number of carboxylic acids is 1. The van der Waals surface area contributed by atoms with E-state index >= 15 is 0 Å². The Hall–Kier alpha value is -1.88. The maximum absolute atomic E-state index is 12.6. The van der Waals surface area contributed by atoms with Gasteiger partial charge in [0.1, 0.15) is 0 Å². The lowest BCUT2D eigenvalue weighted by atomic mass is 9.94.